The molecule has 0 bridgehead atoms. The van der Waals surface area contributed by atoms with Gasteiger partial charge in [-0.2, -0.15) is 0 Å². The fourth-order valence-electron chi connectivity index (χ4n) is 1.98. The fourth-order valence-corrected chi connectivity index (χ4v) is 2.68. The highest BCUT2D eigenvalue weighted by Gasteiger charge is 2.08. The molecule has 0 unspecified atom stereocenters. The molecule has 0 aliphatic carbocycles. The lowest BCUT2D eigenvalue weighted by molar-refractivity contribution is 0.610. The minimum Gasteiger partial charge on any atom is -0.225 e. The van der Waals surface area contributed by atoms with E-state index in [-0.39, 0.29) is 0 Å². The maximum atomic E-state index is 11.6. The molecule has 0 N–H and O–H groups in total. The third-order valence-electron chi connectivity index (χ3n) is 3.06. The van der Waals surface area contributed by atoms with Crippen LogP contribution in [0.1, 0.15) is 22.3 Å². The summed E-state index contributed by atoms with van der Waals surface area (Å²) in [5.74, 6) is 0. The van der Waals surface area contributed by atoms with Gasteiger partial charge in [0.05, 0.1) is 0 Å². The van der Waals surface area contributed by atoms with Gasteiger partial charge in [0.25, 0.3) is 0 Å². The van der Waals surface area contributed by atoms with Crippen molar-refractivity contribution in [2.75, 3.05) is 6.26 Å². The second kappa shape index (κ2) is 5.63. The van der Waals surface area contributed by atoms with Crippen molar-refractivity contribution in [3.63, 3.8) is 0 Å². The zero-order chi connectivity index (χ0) is 14.8. The molecule has 0 amide bonds. The van der Waals surface area contributed by atoms with Crippen LogP contribution in [-0.2, 0) is 9.84 Å². The van der Waals surface area contributed by atoms with Gasteiger partial charge in [0, 0.05) is 17.2 Å². The third kappa shape index (κ3) is 3.81. The van der Waals surface area contributed by atoms with Crippen molar-refractivity contribution in [2.45, 2.75) is 13.8 Å². The van der Waals surface area contributed by atoms with Crippen LogP contribution in [0, 0.1) is 13.8 Å². The molecule has 0 aliphatic heterocycles. The normalized spacial score (nSPS) is 11.2. The van der Waals surface area contributed by atoms with E-state index < -0.39 is 9.84 Å². The van der Waals surface area contributed by atoms with E-state index in [9.17, 15) is 8.42 Å². The first kappa shape index (κ1) is 14.5. The Bertz CT molecular complexity index is 674. The molecule has 0 fully saturated rings. The molecule has 0 radical (unpaired) electrons. The van der Waals surface area contributed by atoms with Crippen molar-refractivity contribution in [1.82, 2.24) is 0 Å². The Morgan fingerprint density at radius 3 is 1.45 bits per heavy atom. The van der Waals surface area contributed by atoms with Crippen molar-refractivity contribution in [1.29, 1.82) is 0 Å². The Hall–Kier alpha value is -1.87. The summed E-state index contributed by atoms with van der Waals surface area (Å²) in [6.45, 7) is 4.02. The maximum Gasteiger partial charge on any atom is 0.169 e. The van der Waals surface area contributed by atoms with Crippen LogP contribution < -0.4 is 0 Å². The van der Waals surface area contributed by atoms with Crippen LogP contribution in [0.3, 0.4) is 0 Å². The fraction of sp³-hybridized carbons (Fsp3) is 0.176. The molecule has 0 saturated carbocycles. The minimum absolute atomic E-state index is 0.729. The standard InChI is InChI=1S/C17H18O2S/c1-13-4-8-15(9-5-13)17(12-20(3,18)19)16-10-6-14(2)7-11-16/h4-12H,1-3H3. The van der Waals surface area contributed by atoms with E-state index in [2.05, 4.69) is 0 Å². The number of rotatable bonds is 3. The van der Waals surface area contributed by atoms with Crippen LogP contribution in [0.25, 0.3) is 5.57 Å². The summed E-state index contributed by atoms with van der Waals surface area (Å²) in [4.78, 5) is 0. The van der Waals surface area contributed by atoms with E-state index in [1.54, 1.807) is 0 Å². The molecular formula is C17H18O2S. The Labute approximate surface area is 120 Å². The van der Waals surface area contributed by atoms with Gasteiger partial charge in [-0.1, -0.05) is 59.7 Å². The topological polar surface area (TPSA) is 34.1 Å². The van der Waals surface area contributed by atoms with Crippen molar-refractivity contribution in [2.24, 2.45) is 0 Å². The SMILES string of the molecule is Cc1ccc(C(=CS(C)(=O)=O)c2ccc(C)cc2)cc1. The van der Waals surface area contributed by atoms with E-state index >= 15 is 0 Å². The summed E-state index contributed by atoms with van der Waals surface area (Å²) in [7, 11) is -3.20. The second-order valence-electron chi connectivity index (χ2n) is 5.09. The number of hydrogen-bond acceptors (Lipinski definition) is 2. The van der Waals surface area contributed by atoms with Gasteiger partial charge in [0.15, 0.2) is 9.84 Å². The highest BCUT2D eigenvalue weighted by Crippen LogP contribution is 2.25. The molecule has 104 valence electrons. The van der Waals surface area contributed by atoms with Crippen molar-refractivity contribution >= 4 is 15.4 Å². The zero-order valence-electron chi connectivity index (χ0n) is 11.9. The van der Waals surface area contributed by atoms with Gasteiger partial charge in [-0.3, -0.25) is 0 Å². The first-order chi connectivity index (χ1) is 9.35. The van der Waals surface area contributed by atoms with E-state index in [4.69, 9.17) is 0 Å². The van der Waals surface area contributed by atoms with Gasteiger partial charge in [0.1, 0.15) is 0 Å². The molecular weight excluding hydrogens is 268 g/mol. The number of sulfone groups is 1. The molecule has 0 spiro atoms. The molecule has 0 aromatic heterocycles. The van der Waals surface area contributed by atoms with E-state index in [1.807, 2.05) is 62.4 Å². The van der Waals surface area contributed by atoms with Crippen molar-refractivity contribution in [3.05, 3.63) is 76.2 Å². The van der Waals surface area contributed by atoms with Crippen LogP contribution in [0.15, 0.2) is 53.9 Å². The largest absolute Gasteiger partial charge is 0.225 e. The maximum absolute atomic E-state index is 11.6. The van der Waals surface area contributed by atoms with Crippen molar-refractivity contribution in [3.8, 4) is 0 Å². The molecule has 2 nitrogen and oxygen atoms in total. The summed E-state index contributed by atoms with van der Waals surface area (Å²) < 4.78 is 23.3. The van der Waals surface area contributed by atoms with Crippen LogP contribution >= 0.6 is 0 Å². The Morgan fingerprint density at radius 2 is 1.15 bits per heavy atom. The summed E-state index contributed by atoms with van der Waals surface area (Å²) in [6.07, 6.45) is 1.22. The molecule has 0 heterocycles. The van der Waals surface area contributed by atoms with Crippen molar-refractivity contribution < 1.29 is 8.42 Å². The van der Waals surface area contributed by atoms with Gasteiger partial charge < -0.3 is 0 Å². The minimum atomic E-state index is -3.20. The zero-order valence-corrected chi connectivity index (χ0v) is 12.7. The number of aryl methyl sites for hydroxylation is 2. The quantitative estimate of drug-likeness (QED) is 0.861. The van der Waals surface area contributed by atoms with Crippen LogP contribution in [0.2, 0.25) is 0 Å². The lowest BCUT2D eigenvalue weighted by atomic mass is 9.98. The number of hydrogen-bond donors (Lipinski definition) is 0. The molecule has 2 rings (SSSR count). The van der Waals surface area contributed by atoms with E-state index in [0.717, 1.165) is 27.8 Å². The lowest BCUT2D eigenvalue weighted by Crippen LogP contribution is -1.95. The van der Waals surface area contributed by atoms with Gasteiger partial charge in [0.2, 0.25) is 0 Å². The Kier molecular flexibility index (Phi) is 4.09. The molecule has 0 atom stereocenters. The summed E-state index contributed by atoms with van der Waals surface area (Å²) >= 11 is 0. The lowest BCUT2D eigenvalue weighted by Gasteiger charge is -2.09. The summed E-state index contributed by atoms with van der Waals surface area (Å²) in [5.41, 5.74) is 4.84. The first-order valence-corrected chi connectivity index (χ1v) is 8.36. The molecule has 2 aromatic rings. The predicted molar refractivity (Wildman–Crippen MR) is 84.3 cm³/mol. The van der Waals surface area contributed by atoms with Crippen LogP contribution in [0.5, 0.6) is 0 Å². The van der Waals surface area contributed by atoms with Gasteiger partial charge in [-0.25, -0.2) is 8.42 Å². The molecule has 3 heteroatoms. The van der Waals surface area contributed by atoms with Crippen LogP contribution in [-0.4, -0.2) is 14.7 Å². The molecule has 0 saturated heterocycles. The highest BCUT2D eigenvalue weighted by atomic mass is 32.2. The van der Waals surface area contributed by atoms with E-state index in [1.165, 1.54) is 11.7 Å². The number of benzene rings is 2. The smallest absolute Gasteiger partial charge is 0.169 e. The third-order valence-corrected chi connectivity index (χ3v) is 3.72. The second-order valence-corrected chi connectivity index (χ2v) is 6.99. The highest BCUT2D eigenvalue weighted by molar-refractivity contribution is 7.93. The van der Waals surface area contributed by atoms with Crippen LogP contribution in [0.4, 0.5) is 0 Å². The summed E-state index contributed by atoms with van der Waals surface area (Å²) in [6, 6.07) is 15.7. The van der Waals surface area contributed by atoms with E-state index in [0.29, 0.717) is 0 Å². The molecule has 2 aromatic carbocycles. The summed E-state index contributed by atoms with van der Waals surface area (Å²) in [5, 5.41) is 1.34. The van der Waals surface area contributed by atoms with Gasteiger partial charge in [-0.15, -0.1) is 0 Å². The Morgan fingerprint density at radius 1 is 0.800 bits per heavy atom. The molecule has 20 heavy (non-hydrogen) atoms. The van der Waals surface area contributed by atoms with Gasteiger partial charge in [-0.05, 0) is 25.0 Å². The monoisotopic (exact) mass is 286 g/mol. The first-order valence-electron chi connectivity index (χ1n) is 6.41. The average molecular weight is 286 g/mol. The predicted octanol–water partition coefficient (Wildman–Crippen LogP) is 3.74. The molecule has 0 aliphatic rings. The average Bonchev–Trinajstić information content (AvgIpc) is 2.37. The van der Waals surface area contributed by atoms with Gasteiger partial charge >= 0.3 is 0 Å². The Balaban J connectivity index is 2.59.